The summed E-state index contributed by atoms with van der Waals surface area (Å²) in [5, 5.41) is 4.19. The Bertz CT molecular complexity index is 312. The summed E-state index contributed by atoms with van der Waals surface area (Å²) in [6.07, 6.45) is 0. The summed E-state index contributed by atoms with van der Waals surface area (Å²) in [7, 11) is 0. The zero-order valence-electron chi connectivity index (χ0n) is 7.39. The van der Waals surface area contributed by atoms with Crippen LogP contribution >= 0.6 is 11.6 Å². The highest BCUT2D eigenvalue weighted by atomic mass is 35.5. The van der Waals surface area contributed by atoms with Gasteiger partial charge in [-0.25, -0.2) is 0 Å². The van der Waals surface area contributed by atoms with E-state index in [9.17, 15) is 0 Å². The molecule has 3 heteroatoms. The van der Waals surface area contributed by atoms with Gasteiger partial charge in [-0.05, 0) is 17.2 Å². The summed E-state index contributed by atoms with van der Waals surface area (Å²) < 4.78 is 0. The van der Waals surface area contributed by atoms with Crippen LogP contribution in [0.25, 0.3) is 0 Å². The summed E-state index contributed by atoms with van der Waals surface area (Å²) in [4.78, 5) is 0. The van der Waals surface area contributed by atoms with Crippen LogP contribution in [0, 0.1) is 0 Å². The van der Waals surface area contributed by atoms with Gasteiger partial charge < -0.3 is 11.1 Å². The number of fused-ring (bicyclic) bond motifs is 1. The van der Waals surface area contributed by atoms with E-state index in [0.717, 1.165) is 18.1 Å². The van der Waals surface area contributed by atoms with Crippen LogP contribution in [-0.4, -0.2) is 13.1 Å². The molecule has 3 N–H and O–H groups in total. The molecular formula is C10H13ClN2. The largest absolute Gasteiger partial charge is 0.330 e. The van der Waals surface area contributed by atoms with Crippen molar-refractivity contribution in [3.05, 3.63) is 34.3 Å². The van der Waals surface area contributed by atoms with Gasteiger partial charge in [0.05, 0.1) is 0 Å². The van der Waals surface area contributed by atoms with Crippen molar-refractivity contribution in [2.75, 3.05) is 13.1 Å². The molecule has 2 nitrogen and oxygen atoms in total. The molecule has 0 aromatic heterocycles. The third-order valence-corrected chi connectivity index (χ3v) is 2.87. The Hall–Kier alpha value is -0.570. The number of nitrogens with one attached hydrogen (secondary N) is 1. The summed E-state index contributed by atoms with van der Waals surface area (Å²) in [6.45, 7) is 2.50. The first-order valence-electron chi connectivity index (χ1n) is 4.51. The maximum absolute atomic E-state index is 6.13. The molecule has 1 unspecified atom stereocenters. The van der Waals surface area contributed by atoms with Crippen molar-refractivity contribution in [2.24, 2.45) is 5.73 Å². The quantitative estimate of drug-likeness (QED) is 0.714. The van der Waals surface area contributed by atoms with E-state index in [1.807, 2.05) is 12.1 Å². The van der Waals surface area contributed by atoms with E-state index in [-0.39, 0.29) is 0 Å². The van der Waals surface area contributed by atoms with Crippen LogP contribution in [0.1, 0.15) is 17.0 Å². The van der Waals surface area contributed by atoms with Crippen molar-refractivity contribution >= 4 is 11.6 Å². The van der Waals surface area contributed by atoms with E-state index >= 15 is 0 Å². The van der Waals surface area contributed by atoms with Crippen LogP contribution in [0.4, 0.5) is 0 Å². The predicted molar refractivity (Wildman–Crippen MR) is 55.0 cm³/mol. The molecule has 0 saturated heterocycles. The Morgan fingerprint density at radius 2 is 2.38 bits per heavy atom. The molecule has 0 amide bonds. The van der Waals surface area contributed by atoms with E-state index in [4.69, 9.17) is 17.3 Å². The van der Waals surface area contributed by atoms with Gasteiger partial charge in [-0.15, -0.1) is 0 Å². The van der Waals surface area contributed by atoms with Crippen molar-refractivity contribution in [1.82, 2.24) is 5.32 Å². The zero-order valence-corrected chi connectivity index (χ0v) is 8.14. The first-order chi connectivity index (χ1) is 6.33. The highest BCUT2D eigenvalue weighted by Crippen LogP contribution is 2.29. The molecule has 0 fully saturated rings. The van der Waals surface area contributed by atoms with Crippen molar-refractivity contribution < 1.29 is 0 Å². The van der Waals surface area contributed by atoms with Crippen LogP contribution in [0.5, 0.6) is 0 Å². The van der Waals surface area contributed by atoms with Crippen LogP contribution in [0.3, 0.4) is 0 Å². The van der Waals surface area contributed by atoms with E-state index in [0.29, 0.717) is 12.5 Å². The Labute approximate surface area is 83.1 Å². The van der Waals surface area contributed by atoms with E-state index in [1.54, 1.807) is 0 Å². The SMILES string of the molecule is NCC1CNCc2cccc(Cl)c21. The van der Waals surface area contributed by atoms with E-state index in [2.05, 4.69) is 11.4 Å². The number of hydrogen-bond donors (Lipinski definition) is 2. The minimum atomic E-state index is 0.373. The second-order valence-corrected chi connectivity index (χ2v) is 3.78. The van der Waals surface area contributed by atoms with Gasteiger partial charge in [-0.1, -0.05) is 23.7 Å². The molecule has 1 atom stereocenters. The molecule has 1 aliphatic heterocycles. The maximum Gasteiger partial charge on any atom is 0.0445 e. The lowest BCUT2D eigenvalue weighted by molar-refractivity contribution is 0.548. The molecule has 0 aliphatic carbocycles. The third kappa shape index (κ3) is 1.57. The topological polar surface area (TPSA) is 38.0 Å². The minimum absolute atomic E-state index is 0.373. The summed E-state index contributed by atoms with van der Waals surface area (Å²) >= 11 is 6.13. The molecule has 1 heterocycles. The second-order valence-electron chi connectivity index (χ2n) is 3.38. The number of benzene rings is 1. The minimum Gasteiger partial charge on any atom is -0.330 e. The van der Waals surface area contributed by atoms with Gasteiger partial charge in [-0.3, -0.25) is 0 Å². The van der Waals surface area contributed by atoms with E-state index < -0.39 is 0 Å². The fourth-order valence-electron chi connectivity index (χ4n) is 1.88. The van der Waals surface area contributed by atoms with Gasteiger partial charge in [0.15, 0.2) is 0 Å². The van der Waals surface area contributed by atoms with Gasteiger partial charge in [0.1, 0.15) is 0 Å². The molecule has 70 valence electrons. The van der Waals surface area contributed by atoms with Gasteiger partial charge in [0.25, 0.3) is 0 Å². The lowest BCUT2D eigenvalue weighted by Gasteiger charge is -2.26. The van der Waals surface area contributed by atoms with Crippen LogP contribution < -0.4 is 11.1 Å². The summed E-state index contributed by atoms with van der Waals surface area (Å²) in [5.41, 5.74) is 8.22. The van der Waals surface area contributed by atoms with Gasteiger partial charge in [0.2, 0.25) is 0 Å². The van der Waals surface area contributed by atoms with Crippen molar-refractivity contribution in [3.63, 3.8) is 0 Å². The molecule has 0 bridgehead atoms. The van der Waals surface area contributed by atoms with Crippen molar-refractivity contribution in [3.8, 4) is 0 Å². The predicted octanol–water partition coefficient (Wildman–Crippen LogP) is 1.49. The maximum atomic E-state index is 6.13. The molecular weight excluding hydrogens is 184 g/mol. The molecule has 2 rings (SSSR count). The Morgan fingerprint density at radius 3 is 3.15 bits per heavy atom. The average molecular weight is 197 g/mol. The first kappa shape index (κ1) is 9.00. The number of rotatable bonds is 1. The fraction of sp³-hybridized carbons (Fsp3) is 0.400. The van der Waals surface area contributed by atoms with E-state index in [1.165, 1.54) is 11.1 Å². The van der Waals surface area contributed by atoms with Crippen LogP contribution in [0.2, 0.25) is 5.02 Å². The Morgan fingerprint density at radius 1 is 1.54 bits per heavy atom. The van der Waals surface area contributed by atoms with Crippen molar-refractivity contribution in [2.45, 2.75) is 12.5 Å². The molecule has 1 aromatic carbocycles. The van der Waals surface area contributed by atoms with Crippen LogP contribution in [0.15, 0.2) is 18.2 Å². The summed E-state index contributed by atoms with van der Waals surface area (Å²) in [5.74, 6) is 0.373. The highest BCUT2D eigenvalue weighted by Gasteiger charge is 2.20. The molecule has 0 spiro atoms. The first-order valence-corrected chi connectivity index (χ1v) is 4.89. The molecule has 0 saturated carbocycles. The van der Waals surface area contributed by atoms with Gasteiger partial charge >= 0.3 is 0 Å². The number of halogens is 1. The van der Waals surface area contributed by atoms with Gasteiger partial charge in [0, 0.05) is 30.6 Å². The van der Waals surface area contributed by atoms with Crippen molar-refractivity contribution in [1.29, 1.82) is 0 Å². The lowest BCUT2D eigenvalue weighted by Crippen LogP contribution is -2.32. The summed E-state index contributed by atoms with van der Waals surface area (Å²) in [6, 6.07) is 6.03. The standard InChI is InChI=1S/C10H13ClN2/c11-9-3-1-2-7-5-13-6-8(4-12)10(7)9/h1-3,8,13H,4-6,12H2. The third-order valence-electron chi connectivity index (χ3n) is 2.54. The monoisotopic (exact) mass is 196 g/mol. The molecule has 0 radical (unpaired) electrons. The number of hydrogen-bond acceptors (Lipinski definition) is 2. The molecule has 13 heavy (non-hydrogen) atoms. The lowest BCUT2D eigenvalue weighted by atomic mass is 9.91. The Balaban J connectivity index is 2.47. The highest BCUT2D eigenvalue weighted by molar-refractivity contribution is 6.31. The molecule has 1 aliphatic rings. The second kappa shape index (κ2) is 3.66. The number of nitrogens with two attached hydrogens (primary N) is 1. The fourth-order valence-corrected chi connectivity index (χ4v) is 2.23. The zero-order chi connectivity index (χ0) is 9.26. The smallest absolute Gasteiger partial charge is 0.0445 e. The van der Waals surface area contributed by atoms with Gasteiger partial charge in [-0.2, -0.15) is 0 Å². The average Bonchev–Trinajstić information content (AvgIpc) is 2.17. The Kier molecular flexibility index (Phi) is 2.54. The molecule has 1 aromatic rings. The normalized spacial score (nSPS) is 21.2. The van der Waals surface area contributed by atoms with Crippen LogP contribution in [-0.2, 0) is 6.54 Å².